The molecule has 0 amide bonds. The van der Waals surface area contributed by atoms with Crippen LogP contribution in [-0.4, -0.2) is 19.6 Å². The van der Waals surface area contributed by atoms with Gasteiger partial charge in [-0.15, -0.1) is 21.5 Å². The Labute approximate surface area is 126 Å². The van der Waals surface area contributed by atoms with Crippen LogP contribution in [-0.2, 0) is 6.42 Å². The number of thiophene rings is 1. The SMILES string of the molecule is Cc1sc2nc(Cc3ccccc3)n3cnnc3c2c1C. The molecule has 0 saturated heterocycles. The average Bonchev–Trinajstić information content (AvgIpc) is 3.06. The highest BCUT2D eigenvalue weighted by Gasteiger charge is 2.15. The first-order chi connectivity index (χ1) is 10.2. The molecule has 104 valence electrons. The molecule has 0 bridgehead atoms. The maximum atomic E-state index is 4.85. The molecule has 0 N–H and O–H groups in total. The molecule has 1 aromatic carbocycles. The van der Waals surface area contributed by atoms with Crippen molar-refractivity contribution in [1.82, 2.24) is 19.6 Å². The summed E-state index contributed by atoms with van der Waals surface area (Å²) in [5.41, 5.74) is 3.41. The van der Waals surface area contributed by atoms with Gasteiger partial charge < -0.3 is 0 Å². The summed E-state index contributed by atoms with van der Waals surface area (Å²) in [6.07, 6.45) is 2.54. The number of hydrogen-bond acceptors (Lipinski definition) is 4. The Balaban J connectivity index is 1.98. The molecule has 3 heterocycles. The Morgan fingerprint density at radius 1 is 1.14 bits per heavy atom. The van der Waals surface area contributed by atoms with E-state index in [1.54, 1.807) is 17.7 Å². The molecule has 0 unspecified atom stereocenters. The van der Waals surface area contributed by atoms with Crippen LogP contribution < -0.4 is 0 Å². The average molecular weight is 294 g/mol. The second kappa shape index (κ2) is 4.63. The van der Waals surface area contributed by atoms with Gasteiger partial charge in [0.1, 0.15) is 17.0 Å². The van der Waals surface area contributed by atoms with E-state index in [1.165, 1.54) is 16.0 Å². The highest BCUT2D eigenvalue weighted by molar-refractivity contribution is 7.18. The van der Waals surface area contributed by atoms with Gasteiger partial charge in [0.25, 0.3) is 0 Å². The van der Waals surface area contributed by atoms with Gasteiger partial charge in [-0.25, -0.2) is 4.98 Å². The number of aryl methyl sites for hydroxylation is 2. The van der Waals surface area contributed by atoms with Crippen molar-refractivity contribution in [2.24, 2.45) is 0 Å². The molecule has 0 spiro atoms. The first kappa shape index (κ1) is 12.5. The van der Waals surface area contributed by atoms with Crippen molar-refractivity contribution in [3.8, 4) is 0 Å². The van der Waals surface area contributed by atoms with Gasteiger partial charge in [-0.05, 0) is 25.0 Å². The van der Waals surface area contributed by atoms with E-state index < -0.39 is 0 Å². The van der Waals surface area contributed by atoms with Crippen molar-refractivity contribution in [3.63, 3.8) is 0 Å². The summed E-state index contributed by atoms with van der Waals surface area (Å²) in [5.74, 6) is 0.981. The zero-order valence-corrected chi connectivity index (χ0v) is 12.7. The van der Waals surface area contributed by atoms with Crippen molar-refractivity contribution in [1.29, 1.82) is 0 Å². The third-order valence-corrected chi connectivity index (χ3v) is 4.95. The molecule has 0 saturated carbocycles. The van der Waals surface area contributed by atoms with Gasteiger partial charge in [0.05, 0.1) is 5.39 Å². The van der Waals surface area contributed by atoms with Crippen molar-refractivity contribution < 1.29 is 0 Å². The van der Waals surface area contributed by atoms with Gasteiger partial charge in [-0.1, -0.05) is 30.3 Å². The normalized spacial score (nSPS) is 11.5. The van der Waals surface area contributed by atoms with Crippen molar-refractivity contribution in [2.45, 2.75) is 20.3 Å². The standard InChI is InChI=1S/C16H14N4S/c1-10-11(2)21-16-14(10)15-19-17-9-20(15)13(18-16)8-12-6-4-3-5-7-12/h3-7,9H,8H2,1-2H3. The molecule has 0 aliphatic carbocycles. The molecule has 0 aliphatic heterocycles. The van der Waals surface area contributed by atoms with E-state index in [-0.39, 0.29) is 0 Å². The van der Waals surface area contributed by atoms with Crippen LogP contribution in [0.5, 0.6) is 0 Å². The van der Waals surface area contributed by atoms with Crippen molar-refractivity contribution in [2.75, 3.05) is 0 Å². The van der Waals surface area contributed by atoms with E-state index in [2.05, 4.69) is 48.3 Å². The molecule has 21 heavy (non-hydrogen) atoms. The number of benzene rings is 1. The number of fused-ring (bicyclic) bond motifs is 3. The molecule has 0 aliphatic rings. The summed E-state index contributed by atoms with van der Waals surface area (Å²) >= 11 is 1.73. The zero-order chi connectivity index (χ0) is 14.4. The largest absolute Gasteiger partial charge is 0.268 e. The van der Waals surface area contributed by atoms with Crippen LogP contribution in [0.1, 0.15) is 21.8 Å². The Morgan fingerprint density at radius 3 is 2.76 bits per heavy atom. The topological polar surface area (TPSA) is 43.1 Å². The van der Waals surface area contributed by atoms with Crippen LogP contribution >= 0.6 is 11.3 Å². The maximum absolute atomic E-state index is 4.85. The third-order valence-electron chi connectivity index (χ3n) is 3.85. The molecule has 0 fully saturated rings. The number of nitrogens with zero attached hydrogens (tertiary/aromatic N) is 4. The quantitative estimate of drug-likeness (QED) is 0.568. The predicted molar refractivity (Wildman–Crippen MR) is 84.9 cm³/mol. The van der Waals surface area contributed by atoms with Crippen LogP contribution in [0.4, 0.5) is 0 Å². The molecular weight excluding hydrogens is 280 g/mol. The Morgan fingerprint density at radius 2 is 1.95 bits per heavy atom. The fourth-order valence-corrected chi connectivity index (χ4v) is 3.66. The molecule has 5 heteroatoms. The molecule has 3 aromatic heterocycles. The van der Waals surface area contributed by atoms with Crippen LogP contribution in [0.25, 0.3) is 15.9 Å². The van der Waals surface area contributed by atoms with Gasteiger partial charge in [-0.3, -0.25) is 4.40 Å². The van der Waals surface area contributed by atoms with Gasteiger partial charge in [0.2, 0.25) is 0 Å². The fourth-order valence-electron chi connectivity index (χ4n) is 2.62. The third kappa shape index (κ3) is 1.93. The van der Waals surface area contributed by atoms with E-state index in [0.717, 1.165) is 28.1 Å². The Bertz CT molecular complexity index is 937. The molecule has 4 rings (SSSR count). The van der Waals surface area contributed by atoms with E-state index in [0.29, 0.717) is 0 Å². The molecule has 4 nitrogen and oxygen atoms in total. The van der Waals surface area contributed by atoms with E-state index in [9.17, 15) is 0 Å². The lowest BCUT2D eigenvalue weighted by Gasteiger charge is -2.05. The lowest BCUT2D eigenvalue weighted by Crippen LogP contribution is -2.01. The Kier molecular flexibility index (Phi) is 2.75. The first-order valence-corrected chi connectivity index (χ1v) is 7.68. The van der Waals surface area contributed by atoms with Gasteiger partial charge in [0.15, 0.2) is 5.65 Å². The van der Waals surface area contributed by atoms with Crippen molar-refractivity contribution in [3.05, 3.63) is 58.5 Å². The molecular formula is C16H14N4S. The number of aromatic nitrogens is 4. The predicted octanol–water partition coefficient (Wildman–Crippen LogP) is 3.55. The van der Waals surface area contributed by atoms with Crippen molar-refractivity contribution >= 4 is 27.2 Å². The molecule has 0 atom stereocenters. The second-order valence-corrected chi connectivity index (χ2v) is 6.38. The maximum Gasteiger partial charge on any atom is 0.172 e. The summed E-state index contributed by atoms with van der Waals surface area (Å²) in [7, 11) is 0. The lowest BCUT2D eigenvalue weighted by atomic mass is 10.1. The highest BCUT2D eigenvalue weighted by atomic mass is 32.1. The number of hydrogen-bond donors (Lipinski definition) is 0. The summed E-state index contributed by atoms with van der Waals surface area (Å²) in [6.45, 7) is 4.26. The van der Waals surface area contributed by atoms with E-state index in [4.69, 9.17) is 4.98 Å². The van der Waals surface area contributed by atoms with Crippen LogP contribution in [0.3, 0.4) is 0 Å². The Hall–Kier alpha value is -2.27. The summed E-state index contributed by atoms with van der Waals surface area (Å²) < 4.78 is 2.01. The van der Waals surface area contributed by atoms with Crippen LogP contribution in [0, 0.1) is 13.8 Å². The lowest BCUT2D eigenvalue weighted by molar-refractivity contribution is 0.936. The monoisotopic (exact) mass is 294 g/mol. The molecule has 0 radical (unpaired) electrons. The summed E-state index contributed by atoms with van der Waals surface area (Å²) in [6, 6.07) is 10.4. The summed E-state index contributed by atoms with van der Waals surface area (Å²) in [5, 5.41) is 9.52. The minimum absolute atomic E-state index is 0.779. The highest BCUT2D eigenvalue weighted by Crippen LogP contribution is 2.31. The smallest absolute Gasteiger partial charge is 0.172 e. The fraction of sp³-hybridized carbons (Fsp3) is 0.188. The van der Waals surface area contributed by atoms with E-state index >= 15 is 0 Å². The first-order valence-electron chi connectivity index (χ1n) is 6.86. The minimum atomic E-state index is 0.779. The van der Waals surface area contributed by atoms with Gasteiger partial charge in [-0.2, -0.15) is 0 Å². The molecule has 4 aromatic rings. The minimum Gasteiger partial charge on any atom is -0.268 e. The van der Waals surface area contributed by atoms with Crippen LogP contribution in [0.15, 0.2) is 36.7 Å². The van der Waals surface area contributed by atoms with E-state index in [1.807, 2.05) is 10.5 Å². The summed E-state index contributed by atoms with van der Waals surface area (Å²) in [4.78, 5) is 7.20. The van der Waals surface area contributed by atoms with Crippen LogP contribution in [0.2, 0.25) is 0 Å². The zero-order valence-electron chi connectivity index (χ0n) is 11.9. The van der Waals surface area contributed by atoms with Gasteiger partial charge in [0, 0.05) is 11.3 Å². The van der Waals surface area contributed by atoms with Gasteiger partial charge >= 0.3 is 0 Å². The second-order valence-electron chi connectivity index (χ2n) is 5.18. The number of rotatable bonds is 2.